The summed E-state index contributed by atoms with van der Waals surface area (Å²) in [6, 6.07) is 24.0. The van der Waals surface area contributed by atoms with Crippen molar-refractivity contribution in [2.75, 3.05) is 6.61 Å². The van der Waals surface area contributed by atoms with Gasteiger partial charge in [0.25, 0.3) is 0 Å². The highest BCUT2D eigenvalue weighted by Crippen LogP contribution is 2.44. The number of carbonyl (C=O) groups is 3. The average Bonchev–Trinajstić information content (AvgIpc) is 3.56. The van der Waals surface area contributed by atoms with Gasteiger partial charge in [0.05, 0.1) is 18.6 Å². The second-order valence-corrected chi connectivity index (χ2v) is 10.4. The lowest BCUT2D eigenvalue weighted by Crippen LogP contribution is -2.53. The number of carboxylic acid groups (broad SMARTS) is 1. The number of aliphatic carboxylic acids is 1. The van der Waals surface area contributed by atoms with Gasteiger partial charge < -0.3 is 25.2 Å². The molecule has 0 bridgehead atoms. The minimum Gasteiger partial charge on any atom is -0.480 e. The molecule has 0 spiro atoms. The lowest BCUT2D eigenvalue weighted by Gasteiger charge is -2.26. The summed E-state index contributed by atoms with van der Waals surface area (Å²) in [4.78, 5) is 37.9. The molecule has 1 fully saturated rings. The Morgan fingerprint density at radius 1 is 0.900 bits per heavy atom. The Balaban J connectivity index is 1.16. The molecule has 3 N–H and O–H groups in total. The molecular formula is C32H34N2O6. The van der Waals surface area contributed by atoms with Gasteiger partial charge in [0, 0.05) is 12.0 Å². The van der Waals surface area contributed by atoms with Crippen LogP contribution in [0.3, 0.4) is 0 Å². The zero-order chi connectivity index (χ0) is 28.1. The number of carbonyl (C=O) groups excluding carboxylic acids is 2. The van der Waals surface area contributed by atoms with E-state index >= 15 is 0 Å². The topological polar surface area (TPSA) is 114 Å². The Hall–Kier alpha value is -4.17. The molecule has 2 amide bonds. The van der Waals surface area contributed by atoms with Crippen LogP contribution in [0, 0.1) is 5.92 Å². The third-order valence-electron chi connectivity index (χ3n) is 7.89. The highest BCUT2D eigenvalue weighted by atomic mass is 16.5. The Morgan fingerprint density at radius 3 is 2.17 bits per heavy atom. The second kappa shape index (κ2) is 12.3. The second-order valence-electron chi connectivity index (χ2n) is 10.4. The molecule has 208 valence electrons. The number of benzene rings is 3. The fraction of sp³-hybridized carbons (Fsp3) is 0.344. The first-order valence-electron chi connectivity index (χ1n) is 13.7. The summed E-state index contributed by atoms with van der Waals surface area (Å²) in [5, 5.41) is 15.3. The fourth-order valence-electron chi connectivity index (χ4n) is 5.78. The van der Waals surface area contributed by atoms with E-state index in [0.29, 0.717) is 12.8 Å². The maximum absolute atomic E-state index is 13.2. The number of amides is 2. The Labute approximate surface area is 233 Å². The molecule has 8 heteroatoms. The van der Waals surface area contributed by atoms with Gasteiger partial charge in [0.1, 0.15) is 6.61 Å². The predicted octanol–water partition coefficient (Wildman–Crippen LogP) is 4.87. The van der Waals surface area contributed by atoms with Gasteiger partial charge in [-0.25, -0.2) is 9.59 Å². The van der Waals surface area contributed by atoms with Crippen molar-refractivity contribution in [3.05, 3.63) is 95.6 Å². The molecule has 3 aromatic carbocycles. The summed E-state index contributed by atoms with van der Waals surface area (Å²) in [7, 11) is 0. The normalized spacial score (nSPS) is 19.2. The molecule has 3 aromatic rings. The van der Waals surface area contributed by atoms with Crippen LogP contribution in [0.25, 0.3) is 11.1 Å². The van der Waals surface area contributed by atoms with E-state index in [2.05, 4.69) is 34.9 Å². The lowest BCUT2D eigenvalue weighted by atomic mass is 9.98. The van der Waals surface area contributed by atoms with Gasteiger partial charge in [0.15, 0.2) is 6.04 Å². The highest BCUT2D eigenvalue weighted by Gasteiger charge is 2.38. The van der Waals surface area contributed by atoms with E-state index in [4.69, 9.17) is 9.47 Å². The molecule has 1 saturated carbocycles. The van der Waals surface area contributed by atoms with Crippen LogP contribution < -0.4 is 10.6 Å². The van der Waals surface area contributed by atoms with Crippen LogP contribution in [0.15, 0.2) is 78.9 Å². The molecule has 2 aliphatic carbocycles. The molecule has 2 aliphatic rings. The number of ether oxygens (including phenoxy) is 2. The van der Waals surface area contributed by atoms with E-state index in [9.17, 15) is 19.5 Å². The van der Waals surface area contributed by atoms with E-state index in [1.54, 1.807) is 6.92 Å². The van der Waals surface area contributed by atoms with Crippen molar-refractivity contribution in [3.63, 3.8) is 0 Å². The molecule has 5 rings (SSSR count). The standard InChI is InChI=1S/C32H34N2O6/c1-20(39-18-21-10-3-2-4-11-21)29(31(36)37)34-30(35)26-16-9-17-28(26)33-32(38)40-19-27-24-14-7-5-12-22(24)23-13-6-8-15-25(23)27/h2-8,10-15,20,26-29H,9,16-19H2,1H3,(H,33,38)(H,34,35)(H,36,37)/t20-,26-,28+,29+/m1/s1. The average molecular weight is 543 g/mol. The maximum atomic E-state index is 13.2. The van der Waals surface area contributed by atoms with Gasteiger partial charge >= 0.3 is 12.1 Å². The smallest absolute Gasteiger partial charge is 0.407 e. The number of carboxylic acids is 1. The first-order chi connectivity index (χ1) is 19.4. The summed E-state index contributed by atoms with van der Waals surface area (Å²) in [6.07, 6.45) is 0.563. The van der Waals surface area contributed by atoms with Crippen molar-refractivity contribution >= 4 is 18.0 Å². The van der Waals surface area contributed by atoms with Crippen LogP contribution in [0.5, 0.6) is 0 Å². The number of fused-ring (bicyclic) bond motifs is 3. The minimum atomic E-state index is -1.22. The maximum Gasteiger partial charge on any atom is 0.407 e. The van der Waals surface area contributed by atoms with Crippen LogP contribution >= 0.6 is 0 Å². The Morgan fingerprint density at radius 2 is 1.52 bits per heavy atom. The van der Waals surface area contributed by atoms with Crippen molar-refractivity contribution in [3.8, 4) is 11.1 Å². The molecular weight excluding hydrogens is 508 g/mol. The zero-order valence-corrected chi connectivity index (χ0v) is 22.4. The van der Waals surface area contributed by atoms with E-state index in [-0.39, 0.29) is 19.1 Å². The monoisotopic (exact) mass is 542 g/mol. The largest absolute Gasteiger partial charge is 0.480 e. The Bertz CT molecular complexity index is 1310. The van der Waals surface area contributed by atoms with Gasteiger partial charge in [-0.2, -0.15) is 0 Å². The van der Waals surface area contributed by atoms with Gasteiger partial charge in [-0.3, -0.25) is 4.79 Å². The molecule has 0 unspecified atom stereocenters. The number of rotatable bonds is 10. The fourth-order valence-corrected chi connectivity index (χ4v) is 5.78. The van der Waals surface area contributed by atoms with E-state index < -0.39 is 42.1 Å². The molecule has 0 aromatic heterocycles. The van der Waals surface area contributed by atoms with Gasteiger partial charge in [0.2, 0.25) is 5.91 Å². The van der Waals surface area contributed by atoms with Crippen molar-refractivity contribution < 1.29 is 29.0 Å². The number of hydrogen-bond donors (Lipinski definition) is 3. The number of alkyl carbamates (subject to hydrolysis) is 1. The molecule has 0 saturated heterocycles. The van der Waals surface area contributed by atoms with Crippen molar-refractivity contribution in [2.45, 2.75) is 56.9 Å². The first kappa shape index (κ1) is 27.4. The lowest BCUT2D eigenvalue weighted by molar-refractivity contribution is -0.147. The van der Waals surface area contributed by atoms with E-state index in [1.807, 2.05) is 54.6 Å². The van der Waals surface area contributed by atoms with Crippen molar-refractivity contribution in [2.24, 2.45) is 5.92 Å². The summed E-state index contributed by atoms with van der Waals surface area (Å²) in [5.41, 5.74) is 5.45. The van der Waals surface area contributed by atoms with Gasteiger partial charge in [-0.15, -0.1) is 0 Å². The van der Waals surface area contributed by atoms with Crippen LogP contribution in [0.4, 0.5) is 4.79 Å². The number of nitrogens with one attached hydrogen (secondary N) is 2. The molecule has 0 aliphatic heterocycles. The Kier molecular flexibility index (Phi) is 8.45. The van der Waals surface area contributed by atoms with Gasteiger partial charge in [-0.05, 0) is 47.6 Å². The molecule has 0 heterocycles. The summed E-state index contributed by atoms with van der Waals surface area (Å²) in [6.45, 7) is 2.04. The van der Waals surface area contributed by atoms with Crippen LogP contribution in [-0.2, 0) is 25.7 Å². The minimum absolute atomic E-state index is 0.0606. The quantitative estimate of drug-likeness (QED) is 0.337. The third kappa shape index (κ3) is 6.02. The first-order valence-corrected chi connectivity index (χ1v) is 13.7. The van der Waals surface area contributed by atoms with Crippen LogP contribution in [-0.4, -0.2) is 47.9 Å². The molecule has 40 heavy (non-hydrogen) atoms. The molecule has 0 radical (unpaired) electrons. The van der Waals surface area contributed by atoms with Gasteiger partial charge in [-0.1, -0.05) is 85.3 Å². The van der Waals surface area contributed by atoms with Crippen LogP contribution in [0.1, 0.15) is 48.8 Å². The molecule has 8 nitrogen and oxygen atoms in total. The predicted molar refractivity (Wildman–Crippen MR) is 150 cm³/mol. The van der Waals surface area contributed by atoms with E-state index in [0.717, 1.165) is 34.2 Å². The van der Waals surface area contributed by atoms with E-state index in [1.165, 1.54) is 0 Å². The van der Waals surface area contributed by atoms with Crippen LogP contribution in [0.2, 0.25) is 0 Å². The SMILES string of the molecule is C[C@@H](OCc1ccccc1)[C@H](NC(=O)[C@@H]1CCC[C@@H]1NC(=O)OCC1c2ccccc2-c2ccccc21)C(=O)O. The summed E-state index contributed by atoms with van der Waals surface area (Å²) >= 11 is 0. The zero-order valence-electron chi connectivity index (χ0n) is 22.4. The summed E-state index contributed by atoms with van der Waals surface area (Å²) in [5.74, 6) is -2.20. The highest BCUT2D eigenvalue weighted by molar-refractivity contribution is 5.86. The number of hydrogen-bond acceptors (Lipinski definition) is 5. The molecule has 4 atom stereocenters. The summed E-state index contributed by atoms with van der Waals surface area (Å²) < 4.78 is 11.4. The van der Waals surface area contributed by atoms with Crippen molar-refractivity contribution in [1.29, 1.82) is 0 Å². The van der Waals surface area contributed by atoms with Crippen molar-refractivity contribution in [1.82, 2.24) is 10.6 Å². The third-order valence-corrected chi connectivity index (χ3v) is 7.89.